The van der Waals surface area contributed by atoms with E-state index in [4.69, 9.17) is 5.11 Å². The standard InChI is InChI=1S/C14H25NO3S/c1-3-19-10-11(2)15-12(16)8-14(9-13(17)18)6-4-5-7-14/h11H,3-10H2,1-2H3,(H,15,16)(H,17,18). The Morgan fingerprint density at radius 1 is 1.32 bits per heavy atom. The molecule has 1 rings (SSSR count). The van der Waals surface area contributed by atoms with Gasteiger partial charge >= 0.3 is 5.97 Å². The smallest absolute Gasteiger partial charge is 0.303 e. The van der Waals surface area contributed by atoms with Gasteiger partial charge in [0.25, 0.3) is 0 Å². The van der Waals surface area contributed by atoms with Crippen molar-refractivity contribution < 1.29 is 14.7 Å². The highest BCUT2D eigenvalue weighted by Crippen LogP contribution is 2.44. The van der Waals surface area contributed by atoms with E-state index in [1.807, 2.05) is 6.92 Å². The van der Waals surface area contributed by atoms with Crippen LogP contribution in [0.4, 0.5) is 0 Å². The molecule has 0 saturated heterocycles. The molecule has 0 aliphatic heterocycles. The molecule has 4 nitrogen and oxygen atoms in total. The fourth-order valence-electron chi connectivity index (χ4n) is 2.86. The van der Waals surface area contributed by atoms with Gasteiger partial charge in [-0.05, 0) is 30.9 Å². The Morgan fingerprint density at radius 2 is 1.95 bits per heavy atom. The fourth-order valence-corrected chi connectivity index (χ4v) is 3.54. The second-order valence-electron chi connectivity index (χ2n) is 5.58. The summed E-state index contributed by atoms with van der Waals surface area (Å²) in [5.41, 5.74) is -0.298. The minimum absolute atomic E-state index is 0.00681. The number of rotatable bonds is 8. The molecule has 1 atom stereocenters. The molecule has 1 unspecified atom stereocenters. The molecule has 110 valence electrons. The average Bonchev–Trinajstić information content (AvgIpc) is 2.73. The maximum atomic E-state index is 12.0. The van der Waals surface area contributed by atoms with Crippen LogP contribution in [0.2, 0.25) is 0 Å². The number of aliphatic carboxylic acids is 1. The first kappa shape index (κ1) is 16.3. The first-order valence-electron chi connectivity index (χ1n) is 7.06. The fraction of sp³-hybridized carbons (Fsp3) is 0.857. The van der Waals surface area contributed by atoms with E-state index < -0.39 is 5.97 Å². The molecular weight excluding hydrogens is 262 g/mol. The lowest BCUT2D eigenvalue weighted by molar-refractivity contribution is -0.140. The summed E-state index contributed by atoms with van der Waals surface area (Å²) in [6.45, 7) is 4.10. The number of nitrogens with one attached hydrogen (secondary N) is 1. The van der Waals surface area contributed by atoms with Gasteiger partial charge in [-0.3, -0.25) is 9.59 Å². The van der Waals surface area contributed by atoms with Crippen LogP contribution in [0.1, 0.15) is 52.4 Å². The molecule has 0 radical (unpaired) electrons. The van der Waals surface area contributed by atoms with Crippen molar-refractivity contribution in [2.24, 2.45) is 5.41 Å². The highest BCUT2D eigenvalue weighted by atomic mass is 32.2. The van der Waals surface area contributed by atoms with E-state index in [-0.39, 0.29) is 23.8 Å². The quantitative estimate of drug-likeness (QED) is 0.720. The third kappa shape index (κ3) is 5.85. The summed E-state index contributed by atoms with van der Waals surface area (Å²) < 4.78 is 0. The second kappa shape index (κ2) is 7.78. The molecule has 0 aromatic heterocycles. The van der Waals surface area contributed by atoms with Gasteiger partial charge in [0.2, 0.25) is 5.91 Å². The van der Waals surface area contributed by atoms with Gasteiger partial charge in [-0.2, -0.15) is 11.8 Å². The Morgan fingerprint density at radius 3 is 2.47 bits per heavy atom. The van der Waals surface area contributed by atoms with E-state index in [9.17, 15) is 9.59 Å². The van der Waals surface area contributed by atoms with Crippen molar-refractivity contribution in [1.29, 1.82) is 0 Å². The summed E-state index contributed by atoms with van der Waals surface area (Å²) in [5, 5.41) is 12.0. The van der Waals surface area contributed by atoms with Crippen molar-refractivity contribution in [1.82, 2.24) is 5.32 Å². The van der Waals surface area contributed by atoms with Crippen LogP contribution in [0, 0.1) is 5.41 Å². The molecule has 0 bridgehead atoms. The third-order valence-corrected chi connectivity index (χ3v) is 4.85. The van der Waals surface area contributed by atoms with Crippen LogP contribution >= 0.6 is 11.8 Å². The second-order valence-corrected chi connectivity index (χ2v) is 6.90. The summed E-state index contributed by atoms with van der Waals surface area (Å²) >= 11 is 1.80. The van der Waals surface area contributed by atoms with E-state index >= 15 is 0 Å². The molecular formula is C14H25NO3S. The van der Waals surface area contributed by atoms with Crippen LogP contribution in [0.15, 0.2) is 0 Å². The van der Waals surface area contributed by atoms with Crippen molar-refractivity contribution in [3.8, 4) is 0 Å². The van der Waals surface area contributed by atoms with E-state index in [1.54, 1.807) is 11.8 Å². The van der Waals surface area contributed by atoms with Crippen LogP contribution in [0.3, 0.4) is 0 Å². The normalized spacial score (nSPS) is 19.1. The van der Waals surface area contributed by atoms with Crippen molar-refractivity contribution in [3.05, 3.63) is 0 Å². The summed E-state index contributed by atoms with van der Waals surface area (Å²) in [6, 6.07) is 0.153. The largest absolute Gasteiger partial charge is 0.481 e. The third-order valence-electron chi connectivity index (χ3n) is 3.71. The Labute approximate surface area is 119 Å². The van der Waals surface area contributed by atoms with Gasteiger partial charge in [-0.25, -0.2) is 0 Å². The van der Waals surface area contributed by atoms with E-state index in [0.717, 1.165) is 37.2 Å². The lowest BCUT2D eigenvalue weighted by atomic mass is 9.79. The van der Waals surface area contributed by atoms with Gasteiger partial charge in [0.05, 0.1) is 6.42 Å². The van der Waals surface area contributed by atoms with Crippen molar-refractivity contribution >= 4 is 23.6 Å². The number of carbonyl (C=O) groups is 2. The first-order chi connectivity index (χ1) is 8.97. The summed E-state index contributed by atoms with van der Waals surface area (Å²) in [7, 11) is 0. The number of thioether (sulfide) groups is 1. The Hall–Kier alpha value is -0.710. The Balaban J connectivity index is 2.45. The summed E-state index contributed by atoms with van der Waals surface area (Å²) in [4.78, 5) is 23.0. The maximum absolute atomic E-state index is 12.0. The summed E-state index contributed by atoms with van der Waals surface area (Å²) in [5.74, 6) is 1.17. The molecule has 2 N–H and O–H groups in total. The minimum atomic E-state index is -0.788. The highest BCUT2D eigenvalue weighted by molar-refractivity contribution is 7.99. The van der Waals surface area contributed by atoms with E-state index in [2.05, 4.69) is 12.2 Å². The van der Waals surface area contributed by atoms with Gasteiger partial charge in [0.1, 0.15) is 0 Å². The molecule has 1 saturated carbocycles. The van der Waals surface area contributed by atoms with Crippen LogP contribution in [0.25, 0.3) is 0 Å². The molecule has 0 spiro atoms. The lowest BCUT2D eigenvalue weighted by Crippen LogP contribution is -2.38. The molecule has 19 heavy (non-hydrogen) atoms. The molecule has 5 heteroatoms. The number of carboxylic acid groups (broad SMARTS) is 1. The number of hydrogen-bond donors (Lipinski definition) is 2. The predicted octanol–water partition coefficient (Wildman–Crippen LogP) is 2.67. The van der Waals surface area contributed by atoms with Crippen molar-refractivity contribution in [2.45, 2.75) is 58.4 Å². The van der Waals surface area contributed by atoms with Crippen molar-refractivity contribution in [3.63, 3.8) is 0 Å². The van der Waals surface area contributed by atoms with Crippen LogP contribution in [0.5, 0.6) is 0 Å². The van der Waals surface area contributed by atoms with Gasteiger partial charge < -0.3 is 10.4 Å². The average molecular weight is 287 g/mol. The molecule has 0 heterocycles. The number of hydrogen-bond acceptors (Lipinski definition) is 3. The van der Waals surface area contributed by atoms with E-state index in [1.165, 1.54) is 0 Å². The van der Waals surface area contributed by atoms with Gasteiger partial charge in [-0.15, -0.1) is 0 Å². The minimum Gasteiger partial charge on any atom is -0.481 e. The molecule has 1 aliphatic rings. The molecule has 0 aromatic carbocycles. The SMILES string of the molecule is CCSCC(C)NC(=O)CC1(CC(=O)O)CCCC1. The van der Waals surface area contributed by atoms with E-state index in [0.29, 0.717) is 6.42 Å². The molecule has 1 aliphatic carbocycles. The zero-order valence-electron chi connectivity index (χ0n) is 11.9. The van der Waals surface area contributed by atoms with Gasteiger partial charge in [0.15, 0.2) is 0 Å². The zero-order valence-corrected chi connectivity index (χ0v) is 12.7. The zero-order chi connectivity index (χ0) is 14.3. The Kier molecular flexibility index (Phi) is 6.69. The molecule has 1 fully saturated rings. The lowest BCUT2D eigenvalue weighted by Gasteiger charge is -2.27. The van der Waals surface area contributed by atoms with Crippen LogP contribution in [-0.4, -0.2) is 34.5 Å². The predicted molar refractivity (Wildman–Crippen MR) is 78.4 cm³/mol. The first-order valence-corrected chi connectivity index (χ1v) is 8.22. The maximum Gasteiger partial charge on any atom is 0.303 e. The number of carbonyl (C=O) groups excluding carboxylic acids is 1. The van der Waals surface area contributed by atoms with Crippen LogP contribution < -0.4 is 5.32 Å². The van der Waals surface area contributed by atoms with Crippen LogP contribution in [-0.2, 0) is 9.59 Å². The number of amides is 1. The topological polar surface area (TPSA) is 66.4 Å². The number of carboxylic acids is 1. The highest BCUT2D eigenvalue weighted by Gasteiger charge is 2.38. The summed E-state index contributed by atoms with van der Waals surface area (Å²) in [6.07, 6.45) is 4.30. The molecule has 0 aromatic rings. The monoisotopic (exact) mass is 287 g/mol. The Bertz CT molecular complexity index is 314. The molecule has 1 amide bonds. The van der Waals surface area contributed by atoms with Crippen molar-refractivity contribution in [2.75, 3.05) is 11.5 Å². The van der Waals surface area contributed by atoms with Gasteiger partial charge in [-0.1, -0.05) is 19.8 Å². The van der Waals surface area contributed by atoms with Gasteiger partial charge in [0, 0.05) is 18.2 Å².